The van der Waals surface area contributed by atoms with Crippen molar-refractivity contribution in [3.05, 3.63) is 23.8 Å². The third kappa shape index (κ3) is 1.94. The molecule has 5 nitrogen and oxygen atoms in total. The molecule has 1 aromatic carbocycles. The standard InChI is InChI=1S/C11H14N2O3/c1-15-10-7-8(12)3-4-9(10)11(14)13-5-2-6-16-13/h3-4,7H,2,5-6,12H2,1H3. The number of anilines is 1. The minimum Gasteiger partial charge on any atom is -0.496 e. The van der Waals surface area contributed by atoms with E-state index in [9.17, 15) is 4.79 Å². The highest BCUT2D eigenvalue weighted by atomic mass is 16.7. The van der Waals surface area contributed by atoms with Gasteiger partial charge in [-0.1, -0.05) is 0 Å². The first-order valence-corrected chi connectivity index (χ1v) is 5.10. The van der Waals surface area contributed by atoms with Crippen molar-refractivity contribution in [3.8, 4) is 5.75 Å². The number of hydrogen-bond acceptors (Lipinski definition) is 4. The Hall–Kier alpha value is -1.75. The van der Waals surface area contributed by atoms with Crippen molar-refractivity contribution in [1.82, 2.24) is 5.06 Å². The summed E-state index contributed by atoms with van der Waals surface area (Å²) in [5.41, 5.74) is 6.66. The van der Waals surface area contributed by atoms with Gasteiger partial charge in [0.25, 0.3) is 5.91 Å². The highest BCUT2D eigenvalue weighted by Gasteiger charge is 2.23. The van der Waals surface area contributed by atoms with E-state index in [0.717, 1.165) is 6.42 Å². The van der Waals surface area contributed by atoms with Gasteiger partial charge in [-0.15, -0.1) is 0 Å². The molecule has 2 rings (SSSR count). The van der Waals surface area contributed by atoms with Crippen LogP contribution in [0.25, 0.3) is 0 Å². The zero-order valence-corrected chi connectivity index (χ0v) is 9.10. The summed E-state index contributed by atoms with van der Waals surface area (Å²) in [4.78, 5) is 17.2. The number of methoxy groups -OCH3 is 1. The normalized spacial score (nSPS) is 15.2. The summed E-state index contributed by atoms with van der Waals surface area (Å²) in [7, 11) is 1.51. The van der Waals surface area contributed by atoms with Crippen LogP contribution in [0.15, 0.2) is 18.2 Å². The molecule has 0 bridgehead atoms. The molecule has 0 aliphatic carbocycles. The molecule has 0 atom stereocenters. The summed E-state index contributed by atoms with van der Waals surface area (Å²) in [5, 5.41) is 1.36. The maximum absolute atomic E-state index is 12.0. The van der Waals surface area contributed by atoms with Crippen LogP contribution in [0.1, 0.15) is 16.8 Å². The van der Waals surface area contributed by atoms with Gasteiger partial charge in [-0.2, -0.15) is 0 Å². The maximum Gasteiger partial charge on any atom is 0.281 e. The Balaban J connectivity index is 2.28. The maximum atomic E-state index is 12.0. The van der Waals surface area contributed by atoms with E-state index in [2.05, 4.69) is 0 Å². The fraction of sp³-hybridized carbons (Fsp3) is 0.364. The molecule has 0 aromatic heterocycles. The fourth-order valence-corrected chi connectivity index (χ4v) is 1.63. The van der Waals surface area contributed by atoms with Crippen LogP contribution in [0.5, 0.6) is 5.75 Å². The molecule has 1 aliphatic heterocycles. The van der Waals surface area contributed by atoms with Gasteiger partial charge in [-0.05, 0) is 18.6 Å². The summed E-state index contributed by atoms with van der Waals surface area (Å²) >= 11 is 0. The van der Waals surface area contributed by atoms with E-state index in [0.29, 0.717) is 30.2 Å². The Morgan fingerprint density at radius 2 is 2.38 bits per heavy atom. The molecular weight excluding hydrogens is 208 g/mol. The minimum absolute atomic E-state index is 0.186. The number of amides is 1. The van der Waals surface area contributed by atoms with Crippen molar-refractivity contribution in [2.75, 3.05) is 26.0 Å². The smallest absolute Gasteiger partial charge is 0.281 e. The van der Waals surface area contributed by atoms with Gasteiger partial charge >= 0.3 is 0 Å². The summed E-state index contributed by atoms with van der Waals surface area (Å²) in [6, 6.07) is 4.95. The van der Waals surface area contributed by atoms with E-state index in [-0.39, 0.29) is 5.91 Å². The van der Waals surface area contributed by atoms with E-state index in [1.54, 1.807) is 18.2 Å². The van der Waals surface area contributed by atoms with Crippen LogP contribution < -0.4 is 10.5 Å². The largest absolute Gasteiger partial charge is 0.496 e. The summed E-state index contributed by atoms with van der Waals surface area (Å²) < 4.78 is 5.12. The lowest BCUT2D eigenvalue weighted by atomic mass is 10.1. The molecule has 2 N–H and O–H groups in total. The molecular formula is C11H14N2O3. The SMILES string of the molecule is COc1cc(N)ccc1C(=O)N1CCCO1. The van der Waals surface area contributed by atoms with Gasteiger partial charge in [0, 0.05) is 11.8 Å². The highest BCUT2D eigenvalue weighted by molar-refractivity contribution is 5.96. The molecule has 1 aromatic rings. The van der Waals surface area contributed by atoms with Crippen molar-refractivity contribution in [2.45, 2.75) is 6.42 Å². The second kappa shape index (κ2) is 4.40. The molecule has 1 saturated heterocycles. The number of hydrogen-bond donors (Lipinski definition) is 1. The lowest BCUT2D eigenvalue weighted by Crippen LogP contribution is -2.26. The monoisotopic (exact) mass is 222 g/mol. The lowest BCUT2D eigenvalue weighted by molar-refractivity contribution is -0.0769. The molecule has 0 unspecified atom stereocenters. The first kappa shape index (κ1) is 10.8. The van der Waals surface area contributed by atoms with Crippen LogP contribution in [0.4, 0.5) is 5.69 Å². The van der Waals surface area contributed by atoms with Crippen molar-refractivity contribution < 1.29 is 14.4 Å². The average molecular weight is 222 g/mol. The van der Waals surface area contributed by atoms with Gasteiger partial charge in [-0.3, -0.25) is 9.63 Å². The van der Waals surface area contributed by atoms with Crippen molar-refractivity contribution in [3.63, 3.8) is 0 Å². The number of nitrogens with zero attached hydrogens (tertiary/aromatic N) is 1. The van der Waals surface area contributed by atoms with Gasteiger partial charge in [-0.25, -0.2) is 5.06 Å². The molecule has 1 amide bonds. The molecule has 0 radical (unpaired) electrons. The van der Waals surface area contributed by atoms with E-state index in [4.69, 9.17) is 15.3 Å². The number of nitrogens with two attached hydrogens (primary N) is 1. The number of rotatable bonds is 2. The van der Waals surface area contributed by atoms with Crippen LogP contribution in [-0.2, 0) is 4.84 Å². The van der Waals surface area contributed by atoms with Crippen molar-refractivity contribution in [2.24, 2.45) is 0 Å². The van der Waals surface area contributed by atoms with Crippen molar-refractivity contribution >= 4 is 11.6 Å². The molecule has 1 heterocycles. The molecule has 0 saturated carbocycles. The van der Waals surface area contributed by atoms with Gasteiger partial charge in [0.05, 0.1) is 25.8 Å². The number of ether oxygens (including phenoxy) is 1. The number of nitrogen functional groups attached to an aromatic ring is 1. The molecule has 1 aliphatic rings. The van der Waals surface area contributed by atoms with Crippen LogP contribution in [-0.4, -0.2) is 31.2 Å². The van der Waals surface area contributed by atoms with E-state index in [1.807, 2.05) is 0 Å². The predicted octanol–water partition coefficient (Wildman–Crippen LogP) is 1.05. The minimum atomic E-state index is -0.186. The van der Waals surface area contributed by atoms with Crippen LogP contribution in [0.2, 0.25) is 0 Å². The first-order valence-electron chi connectivity index (χ1n) is 5.10. The third-order valence-electron chi connectivity index (χ3n) is 2.44. The summed E-state index contributed by atoms with van der Waals surface area (Å²) in [5.74, 6) is 0.287. The van der Waals surface area contributed by atoms with E-state index >= 15 is 0 Å². The zero-order chi connectivity index (χ0) is 11.5. The van der Waals surface area contributed by atoms with E-state index < -0.39 is 0 Å². The van der Waals surface area contributed by atoms with Crippen LogP contribution in [0, 0.1) is 0 Å². The number of carbonyl (C=O) groups excluding carboxylic acids is 1. The molecule has 86 valence electrons. The summed E-state index contributed by atoms with van der Waals surface area (Å²) in [6.07, 6.45) is 0.864. The number of benzene rings is 1. The van der Waals surface area contributed by atoms with E-state index in [1.165, 1.54) is 12.2 Å². The second-order valence-corrected chi connectivity index (χ2v) is 3.55. The summed E-state index contributed by atoms with van der Waals surface area (Å²) in [6.45, 7) is 1.20. The third-order valence-corrected chi connectivity index (χ3v) is 2.44. The highest BCUT2D eigenvalue weighted by Crippen LogP contribution is 2.24. The average Bonchev–Trinajstić information content (AvgIpc) is 2.81. The lowest BCUT2D eigenvalue weighted by Gasteiger charge is -2.15. The van der Waals surface area contributed by atoms with Gasteiger partial charge in [0.15, 0.2) is 0 Å². The Labute approximate surface area is 93.7 Å². The van der Waals surface area contributed by atoms with Crippen LogP contribution >= 0.6 is 0 Å². The zero-order valence-electron chi connectivity index (χ0n) is 9.10. The van der Waals surface area contributed by atoms with Gasteiger partial charge in [0.1, 0.15) is 5.75 Å². The molecule has 16 heavy (non-hydrogen) atoms. The Kier molecular flexibility index (Phi) is 2.96. The van der Waals surface area contributed by atoms with Gasteiger partial charge in [0.2, 0.25) is 0 Å². The Morgan fingerprint density at radius 1 is 1.56 bits per heavy atom. The molecule has 1 fully saturated rings. The molecule has 0 spiro atoms. The van der Waals surface area contributed by atoms with Crippen molar-refractivity contribution in [1.29, 1.82) is 0 Å². The fourth-order valence-electron chi connectivity index (χ4n) is 1.63. The number of carbonyl (C=O) groups is 1. The molecule has 5 heteroatoms. The topological polar surface area (TPSA) is 64.8 Å². The van der Waals surface area contributed by atoms with Gasteiger partial charge < -0.3 is 10.5 Å². The Morgan fingerprint density at radius 3 is 3.00 bits per heavy atom. The Bertz CT molecular complexity index is 400. The number of hydroxylamine groups is 2. The predicted molar refractivity (Wildman–Crippen MR) is 59.0 cm³/mol. The second-order valence-electron chi connectivity index (χ2n) is 3.55. The van der Waals surface area contributed by atoms with Crippen LogP contribution in [0.3, 0.4) is 0 Å². The first-order chi connectivity index (χ1) is 7.72. The quantitative estimate of drug-likeness (QED) is 0.760.